The smallest absolute Gasteiger partial charge is 0.422 e. The van der Waals surface area contributed by atoms with Crippen molar-refractivity contribution in [3.8, 4) is 11.8 Å². The zero-order chi connectivity index (χ0) is 29.5. The number of aromatic nitrogens is 3. The number of alkyl halides is 3. The summed E-state index contributed by atoms with van der Waals surface area (Å²) in [6.45, 7) is 5.21. The van der Waals surface area contributed by atoms with Gasteiger partial charge in [-0.15, -0.1) is 0 Å². The van der Waals surface area contributed by atoms with Crippen molar-refractivity contribution < 1.29 is 27.4 Å². The molecule has 0 saturated heterocycles. The van der Waals surface area contributed by atoms with Crippen molar-refractivity contribution in [2.75, 3.05) is 38.2 Å². The summed E-state index contributed by atoms with van der Waals surface area (Å²) in [6, 6.07) is 11.7. The van der Waals surface area contributed by atoms with Crippen molar-refractivity contribution in [2.24, 2.45) is 5.41 Å². The molecule has 0 saturated carbocycles. The third-order valence-electron chi connectivity index (χ3n) is 6.14. The van der Waals surface area contributed by atoms with Crippen LogP contribution >= 0.6 is 11.6 Å². The van der Waals surface area contributed by atoms with Crippen LogP contribution in [0.4, 0.5) is 19.1 Å². The number of rotatable bonds is 2. The number of carbonyl (C=O) groups is 1. The van der Waals surface area contributed by atoms with Crippen LogP contribution in [0, 0.1) is 5.41 Å². The van der Waals surface area contributed by atoms with E-state index in [1.54, 1.807) is 36.4 Å². The molecule has 41 heavy (non-hydrogen) atoms. The number of nitrogens with zero attached hydrogens (tertiary/aromatic N) is 3. The molecule has 5 heterocycles. The third-order valence-corrected chi connectivity index (χ3v) is 6.43. The molecule has 0 aliphatic carbocycles. The van der Waals surface area contributed by atoms with Gasteiger partial charge in [-0.1, -0.05) is 43.6 Å². The van der Waals surface area contributed by atoms with E-state index < -0.39 is 18.8 Å². The van der Waals surface area contributed by atoms with Crippen LogP contribution in [0.2, 0.25) is 5.02 Å². The first-order valence-corrected chi connectivity index (χ1v) is 13.5. The lowest BCUT2D eigenvalue weighted by molar-refractivity contribution is -0.154. The molecule has 0 unspecified atom stereocenters. The minimum absolute atomic E-state index is 0.0455. The molecule has 3 N–H and O–H groups in total. The monoisotopic (exact) mass is 592 g/mol. The van der Waals surface area contributed by atoms with Gasteiger partial charge in [0.25, 0.3) is 5.91 Å². The third kappa shape index (κ3) is 9.75. The molecule has 4 aliphatic rings. The highest BCUT2D eigenvalue weighted by Gasteiger charge is 2.29. The fraction of sp³-hybridized carbons (Fsp3) is 0.429. The predicted molar refractivity (Wildman–Crippen MR) is 148 cm³/mol. The minimum atomic E-state index is -4.55. The molecule has 220 valence electrons. The first kappa shape index (κ1) is 30.3. The van der Waals surface area contributed by atoms with Crippen molar-refractivity contribution in [1.29, 1.82) is 0 Å². The quantitative estimate of drug-likeness (QED) is 0.389. The summed E-state index contributed by atoms with van der Waals surface area (Å²) >= 11 is 6.42. The Bertz CT molecular complexity index is 1340. The lowest BCUT2D eigenvalue weighted by atomic mass is 9.93. The second-order valence-corrected chi connectivity index (χ2v) is 10.9. The summed E-state index contributed by atoms with van der Waals surface area (Å²) in [6.07, 6.45) is -3.62. The molecule has 0 fully saturated rings. The summed E-state index contributed by atoms with van der Waals surface area (Å²) < 4.78 is 49.0. The highest BCUT2D eigenvalue weighted by atomic mass is 35.5. The van der Waals surface area contributed by atoms with E-state index in [1.807, 2.05) is 6.07 Å². The maximum atomic E-state index is 12.8. The molecule has 9 nitrogen and oxygen atoms in total. The molecule has 2 aromatic carbocycles. The number of benzene rings is 2. The Morgan fingerprint density at radius 3 is 2.51 bits per heavy atom. The molecular weight excluding hydrogens is 561 g/mol. The molecule has 6 bridgehead atoms. The molecule has 0 spiro atoms. The Labute approximate surface area is 241 Å². The van der Waals surface area contributed by atoms with Crippen LogP contribution in [0.5, 0.6) is 11.8 Å². The largest absolute Gasteiger partial charge is 0.492 e. The maximum Gasteiger partial charge on any atom is 0.422 e. The molecule has 4 aliphatic heterocycles. The SMILES string of the molecule is CC1(C)CNCCCOc2ccc(cc2Cl)CNc2nc(nc(OCC(F)(F)F)n2)Cc2ccc(cc2)C(=O)NC1. The van der Waals surface area contributed by atoms with Crippen molar-refractivity contribution >= 4 is 23.5 Å². The number of carbonyl (C=O) groups excluding carboxylic acids is 1. The average molecular weight is 593 g/mol. The Hall–Kier alpha value is -3.64. The highest BCUT2D eigenvalue weighted by Crippen LogP contribution is 2.26. The first-order valence-electron chi connectivity index (χ1n) is 13.1. The molecule has 13 heteroatoms. The number of ether oxygens (including phenoxy) is 2. The van der Waals surface area contributed by atoms with E-state index >= 15 is 0 Å². The number of nitrogens with one attached hydrogen (secondary N) is 3. The predicted octanol–water partition coefficient (Wildman–Crippen LogP) is 4.80. The van der Waals surface area contributed by atoms with E-state index in [1.165, 1.54) is 0 Å². The van der Waals surface area contributed by atoms with Gasteiger partial charge in [0.05, 0.1) is 11.6 Å². The zero-order valence-corrected chi connectivity index (χ0v) is 23.5. The second kappa shape index (κ2) is 13.3. The van der Waals surface area contributed by atoms with Crippen LogP contribution in [0.1, 0.15) is 47.6 Å². The van der Waals surface area contributed by atoms with Crippen LogP contribution in [-0.4, -0.2) is 59.9 Å². The lowest BCUT2D eigenvalue weighted by Crippen LogP contribution is -2.40. The summed E-state index contributed by atoms with van der Waals surface area (Å²) in [5.74, 6) is 0.583. The van der Waals surface area contributed by atoms with Crippen molar-refractivity contribution in [1.82, 2.24) is 25.6 Å². The van der Waals surface area contributed by atoms with Crippen LogP contribution in [0.3, 0.4) is 0 Å². The molecular formula is C28H32ClF3N6O3. The number of hydrogen-bond donors (Lipinski definition) is 3. The standard InChI is InChI=1S/C28H32ClF3N6O3/c1-27(2)15-33-10-3-11-40-22-9-6-19(12-21(22)29)14-34-25-36-23(37-26(38-25)41-17-28(30,31)32)13-18-4-7-20(8-5-18)24(39)35-16-27/h4-9,12,33H,3,10-11,13-17H2,1-2H3,(H,35,39)(H,34,36,37,38). The molecule has 7 rings (SSSR count). The first-order chi connectivity index (χ1) is 19.5. The van der Waals surface area contributed by atoms with Gasteiger partial charge in [-0.05, 0) is 53.8 Å². The van der Waals surface area contributed by atoms with E-state index in [0.717, 1.165) is 24.1 Å². The van der Waals surface area contributed by atoms with Gasteiger partial charge < -0.3 is 25.4 Å². The Balaban J connectivity index is 1.58. The van der Waals surface area contributed by atoms with Gasteiger partial charge >= 0.3 is 12.2 Å². The van der Waals surface area contributed by atoms with Crippen molar-refractivity contribution in [2.45, 2.75) is 39.4 Å². The Morgan fingerprint density at radius 2 is 1.78 bits per heavy atom. The summed E-state index contributed by atoms with van der Waals surface area (Å²) in [4.78, 5) is 25.1. The molecule has 3 aromatic rings. The van der Waals surface area contributed by atoms with E-state index in [-0.39, 0.29) is 36.1 Å². The van der Waals surface area contributed by atoms with E-state index in [2.05, 4.69) is 44.7 Å². The highest BCUT2D eigenvalue weighted by molar-refractivity contribution is 6.32. The average Bonchev–Trinajstić information content (AvgIpc) is 2.92. The van der Waals surface area contributed by atoms with Gasteiger partial charge in [0, 0.05) is 31.6 Å². The topological polar surface area (TPSA) is 110 Å². The minimum Gasteiger partial charge on any atom is -0.492 e. The van der Waals surface area contributed by atoms with Crippen molar-refractivity contribution in [3.63, 3.8) is 0 Å². The molecule has 1 amide bonds. The van der Waals surface area contributed by atoms with Crippen LogP contribution in [0.15, 0.2) is 42.5 Å². The Kier molecular flexibility index (Phi) is 9.87. The summed E-state index contributed by atoms with van der Waals surface area (Å²) in [5.41, 5.74) is 1.84. The van der Waals surface area contributed by atoms with Crippen LogP contribution in [0.25, 0.3) is 0 Å². The molecule has 0 atom stereocenters. The van der Waals surface area contributed by atoms with Gasteiger partial charge in [0.15, 0.2) is 6.61 Å². The van der Waals surface area contributed by atoms with Gasteiger partial charge in [-0.3, -0.25) is 4.79 Å². The number of halogens is 4. The molecule has 1 aromatic heterocycles. The summed E-state index contributed by atoms with van der Waals surface area (Å²) in [7, 11) is 0. The van der Waals surface area contributed by atoms with Crippen LogP contribution < -0.4 is 25.4 Å². The number of hydrogen-bond acceptors (Lipinski definition) is 8. The van der Waals surface area contributed by atoms with Gasteiger partial charge in [0.1, 0.15) is 11.6 Å². The molecule has 0 radical (unpaired) electrons. The van der Waals surface area contributed by atoms with Gasteiger partial charge in [-0.2, -0.15) is 28.1 Å². The van der Waals surface area contributed by atoms with E-state index in [9.17, 15) is 18.0 Å². The normalized spacial score (nSPS) is 16.7. The van der Waals surface area contributed by atoms with Gasteiger partial charge in [-0.25, -0.2) is 0 Å². The number of amides is 1. The van der Waals surface area contributed by atoms with Gasteiger partial charge in [0.2, 0.25) is 5.95 Å². The number of anilines is 1. The zero-order valence-electron chi connectivity index (χ0n) is 22.8. The van der Waals surface area contributed by atoms with E-state index in [4.69, 9.17) is 21.1 Å². The fourth-order valence-corrected chi connectivity index (χ4v) is 4.22. The fourth-order valence-electron chi connectivity index (χ4n) is 3.97. The Morgan fingerprint density at radius 1 is 1.02 bits per heavy atom. The second-order valence-electron chi connectivity index (χ2n) is 10.5. The maximum absolute atomic E-state index is 12.8. The lowest BCUT2D eigenvalue weighted by Gasteiger charge is -2.25. The van der Waals surface area contributed by atoms with Crippen molar-refractivity contribution in [3.05, 3.63) is 70.0 Å². The van der Waals surface area contributed by atoms with Crippen LogP contribution in [-0.2, 0) is 13.0 Å². The summed E-state index contributed by atoms with van der Waals surface area (Å²) in [5, 5.41) is 9.81. The van der Waals surface area contributed by atoms with E-state index in [0.29, 0.717) is 36.0 Å².